The minimum atomic E-state index is -0.110. The summed E-state index contributed by atoms with van der Waals surface area (Å²) in [6, 6.07) is 0. The number of anilines is 1. The third-order valence-corrected chi connectivity index (χ3v) is 5.92. The zero-order valence-corrected chi connectivity index (χ0v) is 15.6. The monoisotopic (exact) mass is 380 g/mol. The maximum Gasteiger partial charge on any atom is 0.236 e. The van der Waals surface area contributed by atoms with Crippen molar-refractivity contribution < 1.29 is 9.53 Å². The van der Waals surface area contributed by atoms with Crippen LogP contribution >= 0.6 is 23.1 Å². The first-order chi connectivity index (χ1) is 12.2. The van der Waals surface area contributed by atoms with Gasteiger partial charge in [0.05, 0.1) is 18.4 Å². The lowest BCUT2D eigenvalue weighted by molar-refractivity contribution is -0.113. The van der Waals surface area contributed by atoms with Crippen LogP contribution in [0.15, 0.2) is 5.16 Å². The van der Waals surface area contributed by atoms with E-state index in [4.69, 9.17) is 4.74 Å². The van der Waals surface area contributed by atoms with Gasteiger partial charge in [0.1, 0.15) is 10.8 Å². The van der Waals surface area contributed by atoms with E-state index < -0.39 is 0 Å². The van der Waals surface area contributed by atoms with E-state index in [1.54, 1.807) is 0 Å². The summed E-state index contributed by atoms with van der Waals surface area (Å²) >= 11 is 2.77. The molecule has 1 unspecified atom stereocenters. The highest BCUT2D eigenvalue weighted by Crippen LogP contribution is 2.40. The molecule has 3 heterocycles. The summed E-state index contributed by atoms with van der Waals surface area (Å²) in [6.07, 6.45) is 4.75. The van der Waals surface area contributed by atoms with E-state index in [-0.39, 0.29) is 17.8 Å². The Morgan fingerprint density at radius 3 is 2.88 bits per heavy atom. The van der Waals surface area contributed by atoms with E-state index in [0.717, 1.165) is 42.0 Å². The Hall–Kier alpha value is -1.52. The van der Waals surface area contributed by atoms with E-state index in [1.807, 2.05) is 6.92 Å². The molecule has 10 heteroatoms. The van der Waals surface area contributed by atoms with Gasteiger partial charge in [-0.1, -0.05) is 23.1 Å². The van der Waals surface area contributed by atoms with E-state index in [1.165, 1.54) is 35.9 Å². The Balaban J connectivity index is 1.39. The van der Waals surface area contributed by atoms with Crippen LogP contribution < -0.4 is 5.32 Å². The van der Waals surface area contributed by atoms with Crippen LogP contribution in [0.1, 0.15) is 42.4 Å². The zero-order valence-electron chi connectivity index (χ0n) is 14.0. The first-order valence-electron chi connectivity index (χ1n) is 8.46. The number of amides is 1. The third-order valence-electron chi connectivity index (χ3n) is 4.20. The summed E-state index contributed by atoms with van der Waals surface area (Å²) in [5, 5.41) is 21.4. The van der Waals surface area contributed by atoms with E-state index >= 15 is 0 Å². The molecule has 0 spiro atoms. The Morgan fingerprint density at radius 1 is 1.32 bits per heavy atom. The number of aromatic nitrogens is 5. The second kappa shape index (κ2) is 7.38. The van der Waals surface area contributed by atoms with Crippen LogP contribution in [-0.2, 0) is 16.1 Å². The molecule has 2 aromatic rings. The number of hydrogen-bond acceptors (Lipinski definition) is 8. The lowest BCUT2D eigenvalue weighted by Crippen LogP contribution is -2.19. The Bertz CT molecular complexity index is 751. The van der Waals surface area contributed by atoms with Crippen molar-refractivity contribution in [2.24, 2.45) is 0 Å². The van der Waals surface area contributed by atoms with Crippen molar-refractivity contribution in [1.29, 1.82) is 0 Å². The summed E-state index contributed by atoms with van der Waals surface area (Å²) in [5.74, 6) is 1.72. The number of nitrogens with one attached hydrogen (secondary N) is 1. The number of ether oxygens (including phenoxy) is 1. The van der Waals surface area contributed by atoms with Gasteiger partial charge in [0.25, 0.3) is 0 Å². The van der Waals surface area contributed by atoms with Crippen molar-refractivity contribution in [3.8, 4) is 0 Å². The highest BCUT2D eigenvalue weighted by Gasteiger charge is 2.32. The molecule has 25 heavy (non-hydrogen) atoms. The zero-order chi connectivity index (χ0) is 17.2. The van der Waals surface area contributed by atoms with Crippen LogP contribution in [0.2, 0.25) is 0 Å². The smallest absolute Gasteiger partial charge is 0.236 e. The van der Waals surface area contributed by atoms with Gasteiger partial charge in [0, 0.05) is 12.5 Å². The molecule has 0 radical (unpaired) electrons. The third kappa shape index (κ3) is 4.18. The second-order valence-electron chi connectivity index (χ2n) is 6.32. The van der Waals surface area contributed by atoms with Gasteiger partial charge >= 0.3 is 0 Å². The van der Waals surface area contributed by atoms with Crippen LogP contribution in [-0.4, -0.2) is 49.3 Å². The fraction of sp³-hybridized carbons (Fsp3) is 0.667. The number of carbonyl (C=O) groups excluding carboxylic acids is 1. The summed E-state index contributed by atoms with van der Waals surface area (Å²) in [6.45, 7) is 3.46. The number of nitrogens with zero attached hydrogens (tertiary/aromatic N) is 5. The predicted molar refractivity (Wildman–Crippen MR) is 95.0 cm³/mol. The van der Waals surface area contributed by atoms with Crippen LogP contribution in [0, 0.1) is 6.92 Å². The lowest BCUT2D eigenvalue weighted by atomic mass is 10.2. The second-order valence-corrected chi connectivity index (χ2v) is 8.45. The molecule has 134 valence electrons. The Labute approximate surface area is 153 Å². The van der Waals surface area contributed by atoms with Crippen molar-refractivity contribution in [1.82, 2.24) is 25.0 Å². The lowest BCUT2D eigenvalue weighted by Gasteiger charge is -2.14. The van der Waals surface area contributed by atoms with Gasteiger partial charge in [-0.2, -0.15) is 0 Å². The molecular weight excluding hydrogens is 360 g/mol. The SMILES string of the molecule is Cc1nnc(NC(=O)CSc2nnc(C3CC3)n2CC2CCCO2)s1. The van der Waals surface area contributed by atoms with Gasteiger partial charge in [-0.15, -0.1) is 20.4 Å². The van der Waals surface area contributed by atoms with Crippen LogP contribution in [0.25, 0.3) is 0 Å². The molecule has 2 aliphatic rings. The summed E-state index contributed by atoms with van der Waals surface area (Å²) in [7, 11) is 0. The molecule has 2 aromatic heterocycles. The minimum absolute atomic E-state index is 0.110. The number of hydrogen-bond donors (Lipinski definition) is 1. The molecule has 0 aromatic carbocycles. The topological polar surface area (TPSA) is 94.8 Å². The molecule has 1 aliphatic carbocycles. The van der Waals surface area contributed by atoms with Crippen LogP contribution in [0.5, 0.6) is 0 Å². The summed E-state index contributed by atoms with van der Waals surface area (Å²) in [5.41, 5.74) is 0. The molecule has 1 amide bonds. The fourth-order valence-corrected chi connectivity index (χ4v) is 4.21. The molecule has 1 saturated heterocycles. The van der Waals surface area contributed by atoms with Gasteiger partial charge in [-0.3, -0.25) is 10.1 Å². The quantitative estimate of drug-likeness (QED) is 0.736. The van der Waals surface area contributed by atoms with Gasteiger partial charge in [-0.25, -0.2) is 0 Å². The molecule has 1 saturated carbocycles. The summed E-state index contributed by atoms with van der Waals surface area (Å²) in [4.78, 5) is 12.1. The average molecular weight is 380 g/mol. The van der Waals surface area contributed by atoms with Crippen LogP contribution in [0.3, 0.4) is 0 Å². The van der Waals surface area contributed by atoms with Gasteiger partial charge in [0.2, 0.25) is 11.0 Å². The molecule has 8 nitrogen and oxygen atoms in total. The maximum atomic E-state index is 12.1. The van der Waals surface area contributed by atoms with E-state index in [2.05, 4.69) is 30.3 Å². The number of rotatable bonds is 7. The van der Waals surface area contributed by atoms with Crippen molar-refractivity contribution >= 4 is 34.1 Å². The first-order valence-corrected chi connectivity index (χ1v) is 10.3. The fourth-order valence-electron chi connectivity index (χ4n) is 2.85. The van der Waals surface area contributed by atoms with Gasteiger partial charge in [-0.05, 0) is 32.6 Å². The predicted octanol–water partition coefficient (Wildman–Crippen LogP) is 2.23. The van der Waals surface area contributed by atoms with Crippen molar-refractivity contribution in [3.05, 3.63) is 10.8 Å². The van der Waals surface area contributed by atoms with Crippen molar-refractivity contribution in [2.45, 2.75) is 56.3 Å². The molecule has 4 rings (SSSR count). The Kier molecular flexibility index (Phi) is 5.00. The number of aryl methyl sites for hydroxylation is 1. The van der Waals surface area contributed by atoms with Crippen LogP contribution in [0.4, 0.5) is 5.13 Å². The van der Waals surface area contributed by atoms with Gasteiger partial charge < -0.3 is 9.30 Å². The largest absolute Gasteiger partial charge is 0.376 e. The summed E-state index contributed by atoms with van der Waals surface area (Å²) < 4.78 is 7.92. The van der Waals surface area contributed by atoms with E-state index in [0.29, 0.717) is 11.0 Å². The molecule has 2 fully saturated rings. The van der Waals surface area contributed by atoms with Crippen molar-refractivity contribution in [2.75, 3.05) is 17.7 Å². The normalized spacial score (nSPS) is 20.1. The first kappa shape index (κ1) is 16.9. The number of carbonyl (C=O) groups is 1. The Morgan fingerprint density at radius 2 is 2.20 bits per heavy atom. The van der Waals surface area contributed by atoms with E-state index in [9.17, 15) is 4.79 Å². The molecule has 1 N–H and O–H groups in total. The molecular formula is C15H20N6O2S2. The highest BCUT2D eigenvalue weighted by atomic mass is 32.2. The highest BCUT2D eigenvalue weighted by molar-refractivity contribution is 7.99. The molecule has 1 atom stereocenters. The molecule has 0 bridgehead atoms. The standard InChI is InChI=1S/C15H20N6O2S2/c1-9-17-19-14(25-9)16-12(22)8-24-15-20-18-13(10-4-5-10)21(15)7-11-3-2-6-23-11/h10-11H,2-8H2,1H3,(H,16,19,22). The maximum absolute atomic E-state index is 12.1. The van der Waals surface area contributed by atoms with Gasteiger partial charge in [0.15, 0.2) is 5.16 Å². The number of thioether (sulfide) groups is 1. The average Bonchev–Trinajstić information content (AvgIpc) is 2.96. The minimum Gasteiger partial charge on any atom is -0.376 e. The van der Waals surface area contributed by atoms with Crippen molar-refractivity contribution in [3.63, 3.8) is 0 Å². The molecule has 1 aliphatic heterocycles.